The molecule has 0 bridgehead atoms. The van der Waals surface area contributed by atoms with Gasteiger partial charge in [-0.1, -0.05) is 11.3 Å². The molecule has 0 fully saturated rings. The van der Waals surface area contributed by atoms with Crippen LogP contribution in [-0.2, 0) is 6.54 Å². The molecule has 6 nitrogen and oxygen atoms in total. The Morgan fingerprint density at radius 3 is 2.69 bits per heavy atom. The summed E-state index contributed by atoms with van der Waals surface area (Å²) in [5.41, 5.74) is 2.02. The van der Waals surface area contributed by atoms with Crippen LogP contribution in [0, 0.1) is 12.7 Å². The Kier molecular flexibility index (Phi) is 5.33. The standard InChI is InChI=1S/C18H22FN5OS/c1-5-24-12(2)10-15(21-24)17(25)23(9-8-22(3)4)18-20-14-7-6-13(19)11-16(14)26-18/h6-7,10-11H,5,8-9H2,1-4H3. The largest absolute Gasteiger partial charge is 0.308 e. The number of anilines is 1. The number of amides is 1. The summed E-state index contributed by atoms with van der Waals surface area (Å²) in [5.74, 6) is -0.502. The van der Waals surface area contributed by atoms with Crippen molar-refractivity contribution in [2.45, 2.75) is 20.4 Å². The molecule has 138 valence electrons. The third kappa shape index (κ3) is 3.76. The third-order valence-corrected chi connectivity index (χ3v) is 5.13. The molecular weight excluding hydrogens is 353 g/mol. The zero-order valence-electron chi connectivity index (χ0n) is 15.4. The van der Waals surface area contributed by atoms with Crippen molar-refractivity contribution in [2.75, 3.05) is 32.1 Å². The van der Waals surface area contributed by atoms with E-state index < -0.39 is 0 Å². The van der Waals surface area contributed by atoms with Crippen LogP contribution in [0.3, 0.4) is 0 Å². The molecule has 0 radical (unpaired) electrons. The number of carbonyl (C=O) groups is 1. The molecule has 3 rings (SSSR count). The molecule has 0 atom stereocenters. The third-order valence-electron chi connectivity index (χ3n) is 4.09. The van der Waals surface area contributed by atoms with E-state index in [0.717, 1.165) is 10.4 Å². The Bertz CT molecular complexity index is 933. The van der Waals surface area contributed by atoms with E-state index in [0.29, 0.717) is 36.0 Å². The van der Waals surface area contributed by atoms with Crippen LogP contribution in [0.4, 0.5) is 9.52 Å². The molecule has 0 saturated carbocycles. The lowest BCUT2D eigenvalue weighted by atomic mass is 10.3. The van der Waals surface area contributed by atoms with E-state index in [1.54, 1.807) is 21.7 Å². The number of benzene rings is 1. The fraction of sp³-hybridized carbons (Fsp3) is 0.389. The van der Waals surface area contributed by atoms with Crippen LogP contribution in [0.5, 0.6) is 0 Å². The summed E-state index contributed by atoms with van der Waals surface area (Å²) in [6, 6.07) is 6.25. The zero-order chi connectivity index (χ0) is 18.8. The second kappa shape index (κ2) is 7.51. The lowest BCUT2D eigenvalue weighted by Gasteiger charge is -2.21. The maximum atomic E-state index is 13.5. The number of halogens is 1. The average molecular weight is 375 g/mol. The second-order valence-electron chi connectivity index (χ2n) is 6.36. The molecule has 0 N–H and O–H groups in total. The summed E-state index contributed by atoms with van der Waals surface area (Å²) in [7, 11) is 3.90. The van der Waals surface area contributed by atoms with Crippen molar-refractivity contribution >= 4 is 32.6 Å². The van der Waals surface area contributed by atoms with Gasteiger partial charge in [-0.3, -0.25) is 14.4 Å². The van der Waals surface area contributed by atoms with Crippen molar-refractivity contribution in [3.8, 4) is 0 Å². The van der Waals surface area contributed by atoms with E-state index in [1.165, 1.54) is 23.5 Å². The molecule has 0 saturated heterocycles. The van der Waals surface area contributed by atoms with Crippen LogP contribution >= 0.6 is 11.3 Å². The Hall–Kier alpha value is -2.32. The molecule has 26 heavy (non-hydrogen) atoms. The molecule has 2 heterocycles. The first kappa shape index (κ1) is 18.5. The first-order valence-electron chi connectivity index (χ1n) is 8.46. The van der Waals surface area contributed by atoms with E-state index >= 15 is 0 Å². The lowest BCUT2D eigenvalue weighted by Crippen LogP contribution is -2.37. The molecule has 0 aliphatic heterocycles. The van der Waals surface area contributed by atoms with Gasteiger partial charge < -0.3 is 4.90 Å². The number of hydrogen-bond acceptors (Lipinski definition) is 5. The number of likely N-dealkylation sites (N-methyl/N-ethyl adjacent to an activating group) is 1. The van der Waals surface area contributed by atoms with E-state index in [4.69, 9.17) is 0 Å². The smallest absolute Gasteiger partial charge is 0.280 e. The fourth-order valence-corrected chi connectivity index (χ4v) is 3.67. The van der Waals surface area contributed by atoms with Gasteiger partial charge in [0.1, 0.15) is 5.82 Å². The van der Waals surface area contributed by atoms with Crippen molar-refractivity contribution in [2.24, 2.45) is 0 Å². The number of thiazole rings is 1. The van der Waals surface area contributed by atoms with Crippen LogP contribution in [0.25, 0.3) is 10.2 Å². The first-order valence-corrected chi connectivity index (χ1v) is 9.28. The van der Waals surface area contributed by atoms with Gasteiger partial charge in [0.25, 0.3) is 5.91 Å². The van der Waals surface area contributed by atoms with E-state index in [9.17, 15) is 9.18 Å². The van der Waals surface area contributed by atoms with Crippen LogP contribution < -0.4 is 4.90 Å². The van der Waals surface area contributed by atoms with E-state index in [1.807, 2.05) is 32.8 Å². The highest BCUT2D eigenvalue weighted by Gasteiger charge is 2.24. The quantitative estimate of drug-likeness (QED) is 0.664. The summed E-state index contributed by atoms with van der Waals surface area (Å²) in [6.07, 6.45) is 0. The number of nitrogens with zero attached hydrogens (tertiary/aromatic N) is 5. The Morgan fingerprint density at radius 1 is 1.27 bits per heavy atom. The van der Waals surface area contributed by atoms with Crippen molar-refractivity contribution < 1.29 is 9.18 Å². The van der Waals surface area contributed by atoms with E-state index in [-0.39, 0.29) is 11.7 Å². The predicted octanol–water partition coefficient (Wildman–Crippen LogP) is 3.17. The molecule has 0 aliphatic rings. The minimum Gasteiger partial charge on any atom is -0.308 e. The van der Waals surface area contributed by atoms with Crippen molar-refractivity contribution in [1.29, 1.82) is 0 Å². The SMILES string of the molecule is CCn1nc(C(=O)N(CCN(C)C)c2nc3ccc(F)cc3s2)cc1C. The van der Waals surface area contributed by atoms with Gasteiger partial charge in [-0.05, 0) is 52.2 Å². The maximum absolute atomic E-state index is 13.5. The summed E-state index contributed by atoms with van der Waals surface area (Å²) >= 11 is 1.31. The maximum Gasteiger partial charge on any atom is 0.280 e. The highest BCUT2D eigenvalue weighted by atomic mass is 32.1. The van der Waals surface area contributed by atoms with Gasteiger partial charge in [0.15, 0.2) is 10.8 Å². The summed E-state index contributed by atoms with van der Waals surface area (Å²) < 4.78 is 16.0. The highest BCUT2D eigenvalue weighted by Crippen LogP contribution is 2.30. The molecular formula is C18H22FN5OS. The van der Waals surface area contributed by atoms with Crippen LogP contribution in [0.1, 0.15) is 23.1 Å². The van der Waals surface area contributed by atoms with Gasteiger partial charge >= 0.3 is 0 Å². The molecule has 1 aromatic carbocycles. The number of carbonyl (C=O) groups excluding carboxylic acids is 1. The normalized spacial score (nSPS) is 11.5. The molecule has 3 aromatic rings. The summed E-state index contributed by atoms with van der Waals surface area (Å²) in [5, 5.41) is 4.96. The molecule has 0 aliphatic carbocycles. The van der Waals surface area contributed by atoms with Gasteiger partial charge in [0.2, 0.25) is 0 Å². The number of aromatic nitrogens is 3. The number of aryl methyl sites for hydroxylation is 2. The van der Waals surface area contributed by atoms with Gasteiger partial charge in [-0.15, -0.1) is 0 Å². The van der Waals surface area contributed by atoms with Crippen molar-refractivity contribution in [1.82, 2.24) is 19.7 Å². The van der Waals surface area contributed by atoms with Crippen LogP contribution in [0.2, 0.25) is 0 Å². The molecule has 1 amide bonds. The Balaban J connectivity index is 1.98. The number of hydrogen-bond donors (Lipinski definition) is 0. The Morgan fingerprint density at radius 2 is 2.04 bits per heavy atom. The summed E-state index contributed by atoms with van der Waals surface area (Å²) in [6.45, 7) is 5.78. The van der Waals surface area contributed by atoms with Crippen LogP contribution in [-0.4, -0.2) is 52.8 Å². The van der Waals surface area contributed by atoms with Crippen molar-refractivity contribution in [3.05, 3.63) is 41.5 Å². The fourth-order valence-electron chi connectivity index (χ4n) is 2.66. The minimum atomic E-state index is -0.309. The predicted molar refractivity (Wildman–Crippen MR) is 102 cm³/mol. The topological polar surface area (TPSA) is 54.3 Å². The lowest BCUT2D eigenvalue weighted by molar-refractivity contribution is 0.0979. The average Bonchev–Trinajstić information content (AvgIpc) is 3.17. The van der Waals surface area contributed by atoms with Crippen LogP contribution in [0.15, 0.2) is 24.3 Å². The van der Waals surface area contributed by atoms with E-state index in [2.05, 4.69) is 10.1 Å². The first-order chi connectivity index (χ1) is 12.4. The highest BCUT2D eigenvalue weighted by molar-refractivity contribution is 7.22. The van der Waals surface area contributed by atoms with Gasteiger partial charge in [0, 0.05) is 25.3 Å². The van der Waals surface area contributed by atoms with Crippen molar-refractivity contribution in [3.63, 3.8) is 0 Å². The molecule has 0 spiro atoms. The Labute approximate surface area is 155 Å². The zero-order valence-corrected chi connectivity index (χ0v) is 16.2. The minimum absolute atomic E-state index is 0.193. The molecule has 0 unspecified atom stereocenters. The molecule has 8 heteroatoms. The molecule has 2 aromatic heterocycles. The number of rotatable bonds is 6. The second-order valence-corrected chi connectivity index (χ2v) is 7.36. The van der Waals surface area contributed by atoms with Gasteiger partial charge in [-0.25, -0.2) is 9.37 Å². The van der Waals surface area contributed by atoms with Gasteiger partial charge in [-0.2, -0.15) is 5.10 Å². The van der Waals surface area contributed by atoms with Gasteiger partial charge in [0.05, 0.1) is 10.2 Å². The monoisotopic (exact) mass is 375 g/mol. The summed E-state index contributed by atoms with van der Waals surface area (Å²) in [4.78, 5) is 21.3. The number of fused-ring (bicyclic) bond motifs is 1.